The first kappa shape index (κ1) is 24.4. The number of rotatable bonds is 8. The van der Waals surface area contributed by atoms with E-state index < -0.39 is 0 Å². The molecule has 1 atom stereocenters. The number of nitrogens with one attached hydrogen (secondary N) is 3. The molecule has 0 radical (unpaired) electrons. The molecule has 2 amide bonds. The topological polar surface area (TPSA) is 73.5 Å². The summed E-state index contributed by atoms with van der Waals surface area (Å²) in [6, 6.07) is 5.68. The van der Waals surface area contributed by atoms with Gasteiger partial charge >= 0.3 is 0 Å². The lowest BCUT2D eigenvalue weighted by molar-refractivity contribution is -0.128. The van der Waals surface area contributed by atoms with Gasteiger partial charge in [-0.15, -0.1) is 12.4 Å². The molecule has 1 saturated heterocycles. The van der Waals surface area contributed by atoms with Crippen molar-refractivity contribution in [2.24, 2.45) is 5.92 Å². The molecule has 28 heavy (non-hydrogen) atoms. The summed E-state index contributed by atoms with van der Waals surface area (Å²) in [5.74, 6) is 0.464. The third kappa shape index (κ3) is 7.08. The molecule has 1 aromatic carbocycles. The molecule has 158 valence electrons. The fourth-order valence-electron chi connectivity index (χ4n) is 3.65. The Morgan fingerprint density at radius 1 is 1.18 bits per heavy atom. The molecule has 1 aliphatic rings. The van der Waals surface area contributed by atoms with Crippen molar-refractivity contribution in [3.63, 3.8) is 0 Å². The number of hydrogen-bond donors (Lipinski definition) is 3. The third-order valence-corrected chi connectivity index (χ3v) is 5.55. The smallest absolute Gasteiger partial charge is 0.243 e. The van der Waals surface area contributed by atoms with Gasteiger partial charge in [0.25, 0.3) is 0 Å². The lowest BCUT2D eigenvalue weighted by Gasteiger charge is -2.35. The second kappa shape index (κ2) is 12.0. The second-order valence-electron chi connectivity index (χ2n) is 7.58. The number of likely N-dealkylation sites (tertiary alicyclic amines) is 1. The molecule has 0 aliphatic carbocycles. The maximum Gasteiger partial charge on any atom is 0.243 e. The fraction of sp³-hybridized carbons (Fsp3) is 0.619. The van der Waals surface area contributed by atoms with Gasteiger partial charge in [-0.2, -0.15) is 0 Å². The maximum atomic E-state index is 12.4. The summed E-state index contributed by atoms with van der Waals surface area (Å²) in [5.41, 5.74) is 2.86. The van der Waals surface area contributed by atoms with Gasteiger partial charge in [-0.3, -0.25) is 14.5 Å². The fourth-order valence-corrected chi connectivity index (χ4v) is 3.65. The zero-order valence-corrected chi connectivity index (χ0v) is 18.3. The van der Waals surface area contributed by atoms with Gasteiger partial charge in [0.2, 0.25) is 11.8 Å². The van der Waals surface area contributed by atoms with E-state index in [1.807, 2.05) is 46.0 Å². The number of carbonyl (C=O) groups is 2. The molecule has 1 unspecified atom stereocenters. The Bertz CT molecular complexity index is 625. The number of para-hydroxylation sites is 1. The summed E-state index contributed by atoms with van der Waals surface area (Å²) >= 11 is 0. The number of amides is 2. The van der Waals surface area contributed by atoms with Gasteiger partial charge in [0, 0.05) is 5.69 Å². The van der Waals surface area contributed by atoms with Crippen LogP contribution in [-0.2, 0) is 9.59 Å². The number of piperidine rings is 1. The molecule has 1 aliphatic heterocycles. The van der Waals surface area contributed by atoms with Gasteiger partial charge in [-0.25, -0.2) is 0 Å². The van der Waals surface area contributed by atoms with Gasteiger partial charge in [-0.1, -0.05) is 18.2 Å². The second-order valence-corrected chi connectivity index (χ2v) is 7.58. The van der Waals surface area contributed by atoms with Crippen LogP contribution in [0.15, 0.2) is 18.2 Å². The number of aryl methyl sites for hydroxylation is 2. The minimum absolute atomic E-state index is 0. The van der Waals surface area contributed by atoms with Crippen LogP contribution in [0.2, 0.25) is 0 Å². The largest absolute Gasteiger partial charge is 0.346 e. The number of halogens is 1. The normalized spacial score (nSPS) is 16.1. The van der Waals surface area contributed by atoms with Crippen LogP contribution >= 0.6 is 12.4 Å². The average molecular weight is 411 g/mol. The molecule has 0 spiro atoms. The first-order chi connectivity index (χ1) is 12.9. The molecule has 0 aromatic heterocycles. The minimum atomic E-state index is -0.205. The zero-order chi connectivity index (χ0) is 19.8. The standard InChI is InChI=1S/C21H34N4O2.ClH/c1-15-6-5-7-16(2)20(15)24-19(26)14-23-21(27)17(3)25-12-9-18(10-13-25)8-11-22-4;/h5-7,17-18,22H,8-14H2,1-4H3,(H,23,27)(H,24,26);1H. The van der Waals surface area contributed by atoms with Crippen molar-refractivity contribution >= 4 is 29.9 Å². The first-order valence-corrected chi connectivity index (χ1v) is 9.94. The Morgan fingerprint density at radius 3 is 2.36 bits per heavy atom. The van der Waals surface area contributed by atoms with Crippen LogP contribution in [0.3, 0.4) is 0 Å². The number of carbonyl (C=O) groups excluding carboxylic acids is 2. The van der Waals surface area contributed by atoms with Crippen molar-refractivity contribution in [3.8, 4) is 0 Å². The lowest BCUT2D eigenvalue weighted by Crippen LogP contribution is -2.49. The first-order valence-electron chi connectivity index (χ1n) is 9.94. The highest BCUT2D eigenvalue weighted by molar-refractivity contribution is 5.96. The quantitative estimate of drug-likeness (QED) is 0.615. The monoisotopic (exact) mass is 410 g/mol. The summed E-state index contributed by atoms with van der Waals surface area (Å²) in [5, 5.41) is 8.89. The van der Waals surface area contributed by atoms with Gasteiger partial charge in [0.05, 0.1) is 12.6 Å². The van der Waals surface area contributed by atoms with Crippen molar-refractivity contribution in [1.82, 2.24) is 15.5 Å². The predicted molar refractivity (Wildman–Crippen MR) is 117 cm³/mol. The van der Waals surface area contributed by atoms with Crippen molar-refractivity contribution in [2.45, 2.75) is 46.1 Å². The molecule has 0 bridgehead atoms. The molecular weight excluding hydrogens is 376 g/mol. The molecule has 7 heteroatoms. The highest BCUT2D eigenvalue weighted by atomic mass is 35.5. The number of benzene rings is 1. The van der Waals surface area contributed by atoms with Crippen LogP contribution in [0, 0.1) is 19.8 Å². The van der Waals surface area contributed by atoms with Gasteiger partial charge in [0.1, 0.15) is 0 Å². The zero-order valence-electron chi connectivity index (χ0n) is 17.5. The summed E-state index contributed by atoms with van der Waals surface area (Å²) in [6.45, 7) is 8.78. The summed E-state index contributed by atoms with van der Waals surface area (Å²) in [7, 11) is 1.98. The molecular formula is C21H35ClN4O2. The highest BCUT2D eigenvalue weighted by Gasteiger charge is 2.26. The van der Waals surface area contributed by atoms with E-state index in [-0.39, 0.29) is 36.8 Å². The Morgan fingerprint density at radius 2 is 1.79 bits per heavy atom. The Hall–Kier alpha value is -1.63. The highest BCUT2D eigenvalue weighted by Crippen LogP contribution is 2.21. The van der Waals surface area contributed by atoms with Crippen molar-refractivity contribution in [2.75, 3.05) is 38.5 Å². The number of hydrogen-bond acceptors (Lipinski definition) is 4. The van der Waals surface area contributed by atoms with E-state index in [9.17, 15) is 9.59 Å². The Kier molecular flexibility index (Phi) is 10.5. The van der Waals surface area contributed by atoms with E-state index in [1.165, 1.54) is 6.42 Å². The predicted octanol–water partition coefficient (Wildman–Crippen LogP) is 2.49. The van der Waals surface area contributed by atoms with E-state index in [1.54, 1.807) is 0 Å². The molecule has 2 rings (SSSR count). The third-order valence-electron chi connectivity index (χ3n) is 5.55. The van der Waals surface area contributed by atoms with E-state index in [0.29, 0.717) is 0 Å². The molecule has 6 nitrogen and oxygen atoms in total. The van der Waals surface area contributed by atoms with Crippen LogP contribution in [0.1, 0.15) is 37.3 Å². The van der Waals surface area contributed by atoms with Crippen LogP contribution < -0.4 is 16.0 Å². The number of nitrogens with zero attached hydrogens (tertiary/aromatic N) is 1. The average Bonchev–Trinajstić information content (AvgIpc) is 2.67. The summed E-state index contributed by atoms with van der Waals surface area (Å²) in [6.07, 6.45) is 3.46. The van der Waals surface area contributed by atoms with Crippen LogP contribution in [0.5, 0.6) is 0 Å². The SMILES string of the molecule is CNCCC1CCN(C(C)C(=O)NCC(=O)Nc2c(C)cccc2C)CC1.Cl. The van der Waals surface area contributed by atoms with Crippen LogP contribution in [-0.4, -0.2) is 56.0 Å². The maximum absolute atomic E-state index is 12.4. The van der Waals surface area contributed by atoms with E-state index in [4.69, 9.17) is 0 Å². The van der Waals surface area contributed by atoms with Gasteiger partial charge in [-0.05, 0) is 83.8 Å². The molecule has 3 N–H and O–H groups in total. The van der Waals surface area contributed by atoms with Gasteiger partial charge < -0.3 is 16.0 Å². The Labute approximate surface area is 175 Å². The van der Waals surface area contributed by atoms with Gasteiger partial charge in [0.15, 0.2) is 0 Å². The summed E-state index contributed by atoms with van der Waals surface area (Å²) in [4.78, 5) is 26.9. The van der Waals surface area contributed by atoms with Crippen molar-refractivity contribution in [1.29, 1.82) is 0 Å². The Balaban J connectivity index is 0.00000392. The van der Waals surface area contributed by atoms with Crippen LogP contribution in [0.25, 0.3) is 0 Å². The lowest BCUT2D eigenvalue weighted by atomic mass is 9.93. The molecule has 0 saturated carbocycles. The molecule has 1 heterocycles. The van der Waals surface area contributed by atoms with Crippen LogP contribution in [0.4, 0.5) is 5.69 Å². The molecule has 1 aromatic rings. The van der Waals surface area contributed by atoms with E-state index >= 15 is 0 Å². The minimum Gasteiger partial charge on any atom is -0.346 e. The van der Waals surface area contributed by atoms with E-state index in [0.717, 1.165) is 55.2 Å². The summed E-state index contributed by atoms with van der Waals surface area (Å²) < 4.78 is 0. The van der Waals surface area contributed by atoms with Crippen molar-refractivity contribution < 1.29 is 9.59 Å². The number of anilines is 1. The van der Waals surface area contributed by atoms with E-state index in [2.05, 4.69) is 20.9 Å². The molecule has 1 fully saturated rings. The van der Waals surface area contributed by atoms with Crippen molar-refractivity contribution in [3.05, 3.63) is 29.3 Å².